The maximum Gasteiger partial charge on any atom is 0.407 e. The summed E-state index contributed by atoms with van der Waals surface area (Å²) < 4.78 is 21.8. The summed E-state index contributed by atoms with van der Waals surface area (Å²) in [5, 5.41) is 14.4. The molecule has 0 spiro atoms. The summed E-state index contributed by atoms with van der Waals surface area (Å²) >= 11 is 0. The van der Waals surface area contributed by atoms with Crippen LogP contribution in [0.4, 0.5) is 4.79 Å². The summed E-state index contributed by atoms with van der Waals surface area (Å²) in [6.45, 7) is 3.01. The Morgan fingerprint density at radius 2 is 1.87 bits per heavy atom. The van der Waals surface area contributed by atoms with Crippen LogP contribution in [0.3, 0.4) is 0 Å². The van der Waals surface area contributed by atoms with Crippen LogP contribution in [0.25, 0.3) is 0 Å². The molecule has 3 N–H and O–H groups in total. The normalized spacial score (nSPS) is 24.3. The van der Waals surface area contributed by atoms with Crippen LogP contribution in [0.15, 0.2) is 41.6 Å². The summed E-state index contributed by atoms with van der Waals surface area (Å²) in [7, 11) is 1.36. The lowest BCUT2D eigenvalue weighted by Crippen LogP contribution is -2.40. The fourth-order valence-corrected chi connectivity index (χ4v) is 3.45. The SMILES string of the molecule is CO[C@@H]1C(C(=O)O)=C(NC(=O)CNC(=O)OCc2ccccc2)[C@H]2OC(C)(C)O[C@H]21. The quantitative estimate of drug-likeness (QED) is 0.593. The van der Waals surface area contributed by atoms with Gasteiger partial charge in [0, 0.05) is 7.11 Å². The minimum Gasteiger partial charge on any atom is -0.478 e. The molecule has 0 unspecified atom stereocenters. The van der Waals surface area contributed by atoms with E-state index in [1.165, 1.54) is 7.11 Å². The Kier molecular flexibility index (Phi) is 6.40. The van der Waals surface area contributed by atoms with Crippen molar-refractivity contribution in [3.05, 3.63) is 47.2 Å². The number of carbonyl (C=O) groups is 3. The van der Waals surface area contributed by atoms with E-state index in [2.05, 4.69) is 10.6 Å². The molecule has 1 aromatic rings. The third-order valence-corrected chi connectivity index (χ3v) is 4.65. The van der Waals surface area contributed by atoms with Crippen LogP contribution in [0.1, 0.15) is 19.4 Å². The summed E-state index contributed by atoms with van der Waals surface area (Å²) in [6, 6.07) is 9.07. The molecule has 0 saturated carbocycles. The average molecular weight is 420 g/mol. The second kappa shape index (κ2) is 8.82. The molecule has 3 rings (SSSR count). The topological polar surface area (TPSA) is 132 Å². The molecule has 1 aliphatic heterocycles. The first-order valence-electron chi connectivity index (χ1n) is 9.32. The average Bonchev–Trinajstić information content (AvgIpc) is 3.16. The molecule has 0 aromatic heterocycles. The van der Waals surface area contributed by atoms with Gasteiger partial charge in [0.2, 0.25) is 5.91 Å². The zero-order valence-corrected chi connectivity index (χ0v) is 16.8. The predicted octanol–water partition coefficient (Wildman–Crippen LogP) is 0.916. The fraction of sp³-hybridized carbons (Fsp3) is 0.450. The number of aliphatic carboxylic acids is 1. The minimum absolute atomic E-state index is 0.0503. The Hall–Kier alpha value is -2.95. The van der Waals surface area contributed by atoms with Crippen molar-refractivity contribution in [3.63, 3.8) is 0 Å². The van der Waals surface area contributed by atoms with Gasteiger partial charge in [-0.3, -0.25) is 4.79 Å². The van der Waals surface area contributed by atoms with E-state index in [9.17, 15) is 19.5 Å². The van der Waals surface area contributed by atoms with E-state index in [1.807, 2.05) is 18.2 Å². The predicted molar refractivity (Wildman–Crippen MR) is 102 cm³/mol. The van der Waals surface area contributed by atoms with Crippen molar-refractivity contribution in [1.82, 2.24) is 10.6 Å². The van der Waals surface area contributed by atoms with E-state index in [-0.39, 0.29) is 17.9 Å². The van der Waals surface area contributed by atoms with Crippen LogP contribution in [-0.2, 0) is 35.1 Å². The van der Waals surface area contributed by atoms with Gasteiger partial charge in [-0.25, -0.2) is 9.59 Å². The molecular formula is C20H24N2O8. The number of benzene rings is 1. The molecule has 2 amide bonds. The first-order valence-corrected chi connectivity index (χ1v) is 9.32. The number of amides is 2. The van der Waals surface area contributed by atoms with Crippen LogP contribution in [0, 0.1) is 0 Å². The number of alkyl carbamates (subject to hydrolysis) is 1. The molecule has 162 valence electrons. The van der Waals surface area contributed by atoms with Gasteiger partial charge < -0.3 is 34.7 Å². The lowest BCUT2D eigenvalue weighted by molar-refractivity contribution is -0.159. The molecule has 1 saturated heterocycles. The maximum absolute atomic E-state index is 12.3. The number of ether oxygens (including phenoxy) is 4. The van der Waals surface area contributed by atoms with E-state index < -0.39 is 48.6 Å². The molecule has 10 heteroatoms. The molecule has 1 heterocycles. The molecule has 0 bridgehead atoms. The van der Waals surface area contributed by atoms with Gasteiger partial charge in [-0.05, 0) is 19.4 Å². The molecule has 1 aromatic carbocycles. The highest BCUT2D eigenvalue weighted by atomic mass is 16.8. The van der Waals surface area contributed by atoms with Crippen LogP contribution in [0.2, 0.25) is 0 Å². The first kappa shape index (κ1) is 21.8. The number of nitrogens with one attached hydrogen (secondary N) is 2. The number of carboxylic acid groups (broad SMARTS) is 1. The first-order chi connectivity index (χ1) is 14.2. The molecular weight excluding hydrogens is 396 g/mol. The van der Waals surface area contributed by atoms with Gasteiger partial charge in [0.25, 0.3) is 0 Å². The Morgan fingerprint density at radius 3 is 2.50 bits per heavy atom. The van der Waals surface area contributed by atoms with Crippen molar-refractivity contribution in [2.24, 2.45) is 0 Å². The van der Waals surface area contributed by atoms with Crippen LogP contribution in [-0.4, -0.2) is 60.8 Å². The van der Waals surface area contributed by atoms with Crippen molar-refractivity contribution < 1.29 is 38.4 Å². The summed E-state index contributed by atoms with van der Waals surface area (Å²) in [5.41, 5.74) is 0.703. The Bertz CT molecular complexity index is 852. The third kappa shape index (κ3) is 4.78. The molecule has 0 radical (unpaired) electrons. The van der Waals surface area contributed by atoms with Crippen molar-refractivity contribution in [3.8, 4) is 0 Å². The standard InChI is InChI=1S/C20H24N2O8/c1-20(2)29-16-14(13(18(24)25)15(27-3)17(16)30-20)22-12(23)9-21-19(26)28-10-11-7-5-4-6-8-11/h4-8,15-17H,9-10H2,1-3H3,(H,21,26)(H,22,23)(H,24,25)/t15-,16-,17+/m1/s1. The van der Waals surface area contributed by atoms with E-state index in [4.69, 9.17) is 18.9 Å². The largest absolute Gasteiger partial charge is 0.478 e. The highest BCUT2D eigenvalue weighted by Gasteiger charge is 2.56. The van der Waals surface area contributed by atoms with Crippen LogP contribution >= 0.6 is 0 Å². The highest BCUT2D eigenvalue weighted by Crippen LogP contribution is 2.41. The van der Waals surface area contributed by atoms with Crippen LogP contribution in [0.5, 0.6) is 0 Å². The Morgan fingerprint density at radius 1 is 1.17 bits per heavy atom. The third-order valence-electron chi connectivity index (χ3n) is 4.65. The van der Waals surface area contributed by atoms with Crippen molar-refractivity contribution >= 4 is 18.0 Å². The van der Waals surface area contributed by atoms with Gasteiger partial charge in [-0.1, -0.05) is 30.3 Å². The number of hydrogen-bond acceptors (Lipinski definition) is 7. The van der Waals surface area contributed by atoms with Gasteiger partial charge in [0.05, 0.1) is 11.3 Å². The van der Waals surface area contributed by atoms with E-state index in [0.717, 1.165) is 5.56 Å². The number of methoxy groups -OCH3 is 1. The molecule has 3 atom stereocenters. The van der Waals surface area contributed by atoms with Gasteiger partial charge in [0.15, 0.2) is 5.79 Å². The number of carbonyl (C=O) groups excluding carboxylic acids is 2. The van der Waals surface area contributed by atoms with E-state index >= 15 is 0 Å². The summed E-state index contributed by atoms with van der Waals surface area (Å²) in [5.74, 6) is -2.86. The maximum atomic E-state index is 12.3. The molecule has 2 aliphatic rings. The van der Waals surface area contributed by atoms with Crippen molar-refractivity contribution in [2.45, 2.75) is 44.6 Å². The van der Waals surface area contributed by atoms with Crippen LogP contribution < -0.4 is 10.6 Å². The molecule has 10 nitrogen and oxygen atoms in total. The van der Waals surface area contributed by atoms with Crippen molar-refractivity contribution in [2.75, 3.05) is 13.7 Å². The smallest absolute Gasteiger partial charge is 0.407 e. The molecule has 1 aliphatic carbocycles. The van der Waals surface area contributed by atoms with Gasteiger partial charge in [-0.2, -0.15) is 0 Å². The van der Waals surface area contributed by atoms with Gasteiger partial charge in [0.1, 0.15) is 31.5 Å². The summed E-state index contributed by atoms with van der Waals surface area (Å²) in [6.07, 6.45) is -3.21. The number of hydrogen-bond donors (Lipinski definition) is 3. The zero-order chi connectivity index (χ0) is 21.9. The molecule has 30 heavy (non-hydrogen) atoms. The zero-order valence-electron chi connectivity index (χ0n) is 16.8. The second-order valence-electron chi connectivity index (χ2n) is 7.27. The Balaban J connectivity index is 1.60. The van der Waals surface area contributed by atoms with E-state index in [1.54, 1.807) is 26.0 Å². The van der Waals surface area contributed by atoms with Gasteiger partial charge in [-0.15, -0.1) is 0 Å². The number of carboxylic acids is 1. The Labute approximate surface area is 173 Å². The monoisotopic (exact) mass is 420 g/mol. The second-order valence-corrected chi connectivity index (χ2v) is 7.27. The number of rotatable bonds is 7. The minimum atomic E-state index is -1.26. The fourth-order valence-electron chi connectivity index (χ4n) is 3.45. The summed E-state index contributed by atoms with van der Waals surface area (Å²) in [4.78, 5) is 35.9. The lowest BCUT2D eigenvalue weighted by atomic mass is 10.1. The highest BCUT2D eigenvalue weighted by molar-refractivity contribution is 5.92. The van der Waals surface area contributed by atoms with Crippen molar-refractivity contribution in [1.29, 1.82) is 0 Å². The lowest BCUT2D eigenvalue weighted by Gasteiger charge is -2.22. The van der Waals surface area contributed by atoms with E-state index in [0.29, 0.717) is 0 Å². The van der Waals surface area contributed by atoms with Gasteiger partial charge >= 0.3 is 12.1 Å². The number of fused-ring (bicyclic) bond motifs is 1. The molecule has 1 fully saturated rings.